The zero-order valence-electron chi connectivity index (χ0n) is 16.3. The van der Waals surface area contributed by atoms with E-state index in [2.05, 4.69) is 10.6 Å². The lowest BCUT2D eigenvalue weighted by Gasteiger charge is -2.11. The molecule has 0 aliphatic rings. The molecular formula is C20H23N3O5. The van der Waals surface area contributed by atoms with Gasteiger partial charge in [-0.15, -0.1) is 0 Å². The maximum atomic E-state index is 12.0. The SMILES string of the molecule is CC(=O)c1cc(C(=O)OCC(=O)NCC(=O)Nc2cccc(C)c2C)n(C)c1. The fourth-order valence-corrected chi connectivity index (χ4v) is 2.48. The van der Waals surface area contributed by atoms with Crippen LogP contribution >= 0.6 is 0 Å². The molecule has 28 heavy (non-hydrogen) atoms. The zero-order valence-corrected chi connectivity index (χ0v) is 16.3. The maximum Gasteiger partial charge on any atom is 0.355 e. The topological polar surface area (TPSA) is 106 Å². The van der Waals surface area contributed by atoms with Crippen molar-refractivity contribution in [3.63, 3.8) is 0 Å². The fourth-order valence-electron chi connectivity index (χ4n) is 2.48. The van der Waals surface area contributed by atoms with Crippen molar-refractivity contribution in [3.8, 4) is 0 Å². The second-order valence-corrected chi connectivity index (χ2v) is 6.43. The van der Waals surface area contributed by atoms with Gasteiger partial charge in [-0.3, -0.25) is 14.4 Å². The Morgan fingerprint density at radius 1 is 1.11 bits per heavy atom. The summed E-state index contributed by atoms with van der Waals surface area (Å²) in [4.78, 5) is 47.2. The number of aryl methyl sites for hydroxylation is 2. The van der Waals surface area contributed by atoms with Gasteiger partial charge in [-0.05, 0) is 44.0 Å². The van der Waals surface area contributed by atoms with Crippen LogP contribution in [0.5, 0.6) is 0 Å². The van der Waals surface area contributed by atoms with Gasteiger partial charge in [0.1, 0.15) is 5.69 Å². The van der Waals surface area contributed by atoms with E-state index in [4.69, 9.17) is 4.74 Å². The van der Waals surface area contributed by atoms with E-state index in [-0.39, 0.29) is 23.9 Å². The van der Waals surface area contributed by atoms with Crippen molar-refractivity contribution in [2.75, 3.05) is 18.5 Å². The van der Waals surface area contributed by atoms with Crippen molar-refractivity contribution in [2.45, 2.75) is 20.8 Å². The van der Waals surface area contributed by atoms with Gasteiger partial charge in [0.25, 0.3) is 5.91 Å². The normalized spacial score (nSPS) is 10.3. The summed E-state index contributed by atoms with van der Waals surface area (Å²) >= 11 is 0. The van der Waals surface area contributed by atoms with E-state index in [0.29, 0.717) is 11.3 Å². The van der Waals surface area contributed by atoms with Crippen LogP contribution < -0.4 is 10.6 Å². The third kappa shape index (κ3) is 5.29. The molecule has 0 spiro atoms. The number of benzene rings is 1. The molecule has 0 bridgehead atoms. The Balaban J connectivity index is 1.81. The fraction of sp³-hybridized carbons (Fsp3) is 0.300. The molecule has 0 radical (unpaired) electrons. The molecule has 2 aromatic rings. The summed E-state index contributed by atoms with van der Waals surface area (Å²) in [6.07, 6.45) is 1.51. The smallest absolute Gasteiger partial charge is 0.355 e. The number of nitrogens with zero attached hydrogens (tertiary/aromatic N) is 1. The minimum atomic E-state index is -0.731. The highest BCUT2D eigenvalue weighted by Gasteiger charge is 2.17. The van der Waals surface area contributed by atoms with Gasteiger partial charge in [-0.1, -0.05) is 12.1 Å². The Hall–Kier alpha value is -3.42. The van der Waals surface area contributed by atoms with Crippen LogP contribution in [0.15, 0.2) is 30.5 Å². The summed E-state index contributed by atoms with van der Waals surface area (Å²) in [5.41, 5.74) is 3.20. The van der Waals surface area contributed by atoms with Gasteiger partial charge in [0, 0.05) is 24.5 Å². The monoisotopic (exact) mass is 385 g/mol. The first kappa shape index (κ1) is 20.9. The van der Waals surface area contributed by atoms with Crippen LogP contribution in [0.25, 0.3) is 0 Å². The quantitative estimate of drug-likeness (QED) is 0.558. The van der Waals surface area contributed by atoms with Gasteiger partial charge in [0.15, 0.2) is 12.4 Å². The molecule has 0 unspecified atom stereocenters. The number of ketones is 1. The number of amides is 2. The number of carbonyl (C=O) groups is 4. The first-order valence-electron chi connectivity index (χ1n) is 8.66. The third-order valence-corrected chi connectivity index (χ3v) is 4.28. The van der Waals surface area contributed by atoms with Crippen LogP contribution in [-0.4, -0.2) is 41.3 Å². The maximum absolute atomic E-state index is 12.0. The van der Waals surface area contributed by atoms with E-state index in [9.17, 15) is 19.2 Å². The van der Waals surface area contributed by atoms with Crippen LogP contribution in [0, 0.1) is 13.8 Å². The lowest BCUT2D eigenvalue weighted by Crippen LogP contribution is -2.35. The number of nitrogens with one attached hydrogen (secondary N) is 2. The molecule has 1 heterocycles. The Morgan fingerprint density at radius 3 is 2.46 bits per heavy atom. The summed E-state index contributed by atoms with van der Waals surface area (Å²) < 4.78 is 6.39. The molecule has 2 rings (SSSR count). The predicted molar refractivity (Wildman–Crippen MR) is 103 cm³/mol. The summed E-state index contributed by atoms with van der Waals surface area (Å²) in [5.74, 6) is -1.90. The molecule has 0 aliphatic heterocycles. The summed E-state index contributed by atoms with van der Waals surface area (Å²) in [6, 6.07) is 6.95. The highest BCUT2D eigenvalue weighted by molar-refractivity contribution is 5.98. The number of anilines is 1. The molecule has 148 valence electrons. The lowest BCUT2D eigenvalue weighted by molar-refractivity contribution is -0.126. The van der Waals surface area contributed by atoms with E-state index in [1.165, 1.54) is 23.8 Å². The molecule has 2 amide bonds. The molecule has 1 aromatic heterocycles. The van der Waals surface area contributed by atoms with Crippen molar-refractivity contribution in [2.24, 2.45) is 7.05 Å². The Morgan fingerprint density at radius 2 is 1.82 bits per heavy atom. The highest BCUT2D eigenvalue weighted by Crippen LogP contribution is 2.17. The molecule has 1 aromatic carbocycles. The van der Waals surface area contributed by atoms with E-state index < -0.39 is 18.5 Å². The standard InChI is InChI=1S/C20H23N3O5/c1-12-6-5-7-16(13(12)2)22-18(25)9-21-19(26)11-28-20(27)17-8-15(14(3)24)10-23(17)4/h5-8,10H,9,11H2,1-4H3,(H,21,26)(H,22,25). The molecule has 8 heteroatoms. The summed E-state index contributed by atoms with van der Waals surface area (Å²) in [6.45, 7) is 4.44. The average Bonchev–Trinajstić information content (AvgIpc) is 3.04. The van der Waals surface area contributed by atoms with Crippen LogP contribution in [0.1, 0.15) is 38.9 Å². The summed E-state index contributed by atoms with van der Waals surface area (Å²) in [5, 5.41) is 5.11. The third-order valence-electron chi connectivity index (χ3n) is 4.28. The molecule has 0 saturated heterocycles. The van der Waals surface area contributed by atoms with Crippen LogP contribution in [-0.2, 0) is 21.4 Å². The Bertz CT molecular complexity index is 930. The molecule has 2 N–H and O–H groups in total. The minimum absolute atomic E-state index is 0.158. The van der Waals surface area contributed by atoms with Gasteiger partial charge in [0.2, 0.25) is 5.91 Å². The lowest BCUT2D eigenvalue weighted by atomic mass is 10.1. The molecule has 0 fully saturated rings. The van der Waals surface area contributed by atoms with Gasteiger partial charge in [-0.2, -0.15) is 0 Å². The Labute approximate surface area is 162 Å². The van der Waals surface area contributed by atoms with Crippen molar-refractivity contribution >= 4 is 29.3 Å². The van der Waals surface area contributed by atoms with E-state index in [1.54, 1.807) is 13.1 Å². The number of hydrogen-bond donors (Lipinski definition) is 2. The van der Waals surface area contributed by atoms with Crippen molar-refractivity contribution in [1.82, 2.24) is 9.88 Å². The number of carbonyl (C=O) groups excluding carboxylic acids is 4. The van der Waals surface area contributed by atoms with Crippen LogP contribution in [0.3, 0.4) is 0 Å². The largest absolute Gasteiger partial charge is 0.451 e. The van der Waals surface area contributed by atoms with Gasteiger partial charge in [-0.25, -0.2) is 4.79 Å². The van der Waals surface area contributed by atoms with Gasteiger partial charge >= 0.3 is 5.97 Å². The first-order valence-corrected chi connectivity index (χ1v) is 8.66. The van der Waals surface area contributed by atoms with Crippen LogP contribution in [0.2, 0.25) is 0 Å². The Kier molecular flexibility index (Phi) is 6.70. The summed E-state index contributed by atoms with van der Waals surface area (Å²) in [7, 11) is 1.60. The van der Waals surface area contributed by atoms with Crippen molar-refractivity contribution < 1.29 is 23.9 Å². The minimum Gasteiger partial charge on any atom is -0.451 e. The van der Waals surface area contributed by atoms with E-state index in [1.807, 2.05) is 26.0 Å². The molecule has 0 aliphatic carbocycles. The predicted octanol–water partition coefficient (Wildman–Crippen LogP) is 1.76. The van der Waals surface area contributed by atoms with Crippen molar-refractivity contribution in [1.29, 1.82) is 0 Å². The van der Waals surface area contributed by atoms with Crippen LogP contribution in [0.4, 0.5) is 5.69 Å². The number of hydrogen-bond acceptors (Lipinski definition) is 5. The number of Topliss-reactive ketones (excluding diaryl/α,β-unsaturated/α-hetero) is 1. The zero-order chi connectivity index (χ0) is 20.8. The number of esters is 1. The first-order chi connectivity index (χ1) is 13.2. The second kappa shape index (κ2) is 8.98. The molecule has 8 nitrogen and oxygen atoms in total. The average molecular weight is 385 g/mol. The molecule has 0 saturated carbocycles. The molecule has 0 atom stereocenters. The van der Waals surface area contributed by atoms with E-state index >= 15 is 0 Å². The molecular weight excluding hydrogens is 362 g/mol. The number of aromatic nitrogens is 1. The number of rotatable bonds is 7. The van der Waals surface area contributed by atoms with Gasteiger partial charge < -0.3 is 19.9 Å². The van der Waals surface area contributed by atoms with E-state index in [0.717, 1.165) is 11.1 Å². The second-order valence-electron chi connectivity index (χ2n) is 6.43. The van der Waals surface area contributed by atoms with Gasteiger partial charge in [0.05, 0.1) is 6.54 Å². The number of ether oxygens (including phenoxy) is 1. The highest BCUT2D eigenvalue weighted by atomic mass is 16.5. The van der Waals surface area contributed by atoms with Crippen molar-refractivity contribution in [3.05, 3.63) is 52.8 Å².